The summed E-state index contributed by atoms with van der Waals surface area (Å²) in [6, 6.07) is 8.23. The van der Waals surface area contributed by atoms with Gasteiger partial charge in [-0.3, -0.25) is 0 Å². The Morgan fingerprint density at radius 1 is 1.00 bits per heavy atom. The molecule has 101 valence electrons. The van der Waals surface area contributed by atoms with E-state index in [0.717, 1.165) is 12.2 Å². The molecule has 1 aromatic carbocycles. The summed E-state index contributed by atoms with van der Waals surface area (Å²) in [6.45, 7) is 11.6. The predicted octanol–water partition coefficient (Wildman–Crippen LogP) is 4.54. The van der Waals surface area contributed by atoms with E-state index in [0.29, 0.717) is 5.41 Å². The van der Waals surface area contributed by atoms with Crippen LogP contribution in [0.4, 0.5) is 0 Å². The molecule has 0 aliphatic rings. The van der Waals surface area contributed by atoms with Crippen LogP contribution < -0.4 is 4.74 Å². The number of rotatable bonds is 5. The van der Waals surface area contributed by atoms with Gasteiger partial charge in [-0.15, -0.1) is 0 Å². The third kappa shape index (κ3) is 4.69. The van der Waals surface area contributed by atoms with Crippen LogP contribution in [0.2, 0.25) is 0 Å². The molecule has 0 amide bonds. The zero-order valence-corrected chi connectivity index (χ0v) is 12.2. The van der Waals surface area contributed by atoms with Crippen LogP contribution in [0.5, 0.6) is 5.75 Å². The highest BCUT2D eigenvalue weighted by Crippen LogP contribution is 2.36. The normalized spacial score (nSPS) is 12.6. The zero-order valence-electron chi connectivity index (χ0n) is 12.2. The molecule has 0 atom stereocenters. The summed E-state index contributed by atoms with van der Waals surface area (Å²) in [5.41, 5.74) is 1.82. The van der Waals surface area contributed by atoms with Crippen LogP contribution in [0.1, 0.15) is 46.6 Å². The van der Waals surface area contributed by atoms with Crippen LogP contribution in [0.15, 0.2) is 24.3 Å². The second kappa shape index (κ2) is 5.75. The van der Waals surface area contributed by atoms with Crippen molar-refractivity contribution < 1.29 is 9.47 Å². The Morgan fingerprint density at radius 2 is 1.56 bits per heavy atom. The van der Waals surface area contributed by atoms with E-state index in [1.807, 2.05) is 12.1 Å². The molecule has 2 heteroatoms. The molecule has 0 heterocycles. The van der Waals surface area contributed by atoms with Crippen LogP contribution in [0.3, 0.4) is 0 Å². The van der Waals surface area contributed by atoms with Crippen LogP contribution in [-0.2, 0) is 10.2 Å². The van der Waals surface area contributed by atoms with Gasteiger partial charge in [-0.2, -0.15) is 0 Å². The average Bonchev–Trinajstić information content (AvgIpc) is 2.23. The summed E-state index contributed by atoms with van der Waals surface area (Å²) in [4.78, 5) is 0. The SMILES string of the molecule is [CH2]OCOc1ccc(C(C)(C)CC(C)(C)C)cc1. The number of hydrogen-bond donors (Lipinski definition) is 0. The van der Waals surface area contributed by atoms with E-state index >= 15 is 0 Å². The fourth-order valence-corrected chi connectivity index (χ4v) is 2.54. The minimum atomic E-state index is 0.166. The largest absolute Gasteiger partial charge is 0.468 e. The van der Waals surface area contributed by atoms with E-state index in [2.05, 4.69) is 58.6 Å². The van der Waals surface area contributed by atoms with E-state index in [-0.39, 0.29) is 12.2 Å². The summed E-state index contributed by atoms with van der Waals surface area (Å²) in [6.07, 6.45) is 1.14. The summed E-state index contributed by atoms with van der Waals surface area (Å²) in [5, 5.41) is 0. The summed E-state index contributed by atoms with van der Waals surface area (Å²) in [7, 11) is 3.27. The van der Waals surface area contributed by atoms with Gasteiger partial charge in [0.25, 0.3) is 0 Å². The first-order valence-electron chi connectivity index (χ1n) is 6.35. The Bertz CT molecular complexity index is 358. The van der Waals surface area contributed by atoms with Crippen molar-refractivity contribution in [3.63, 3.8) is 0 Å². The Hall–Kier alpha value is -1.02. The molecular weight excluding hydrogens is 224 g/mol. The lowest BCUT2D eigenvalue weighted by molar-refractivity contribution is 0.0756. The first-order valence-corrected chi connectivity index (χ1v) is 6.35. The first kappa shape index (κ1) is 15.0. The number of hydrogen-bond acceptors (Lipinski definition) is 2. The molecule has 0 aliphatic carbocycles. The quantitative estimate of drug-likeness (QED) is 0.713. The van der Waals surface area contributed by atoms with Gasteiger partial charge in [0, 0.05) is 0 Å². The molecule has 2 nitrogen and oxygen atoms in total. The van der Waals surface area contributed by atoms with Crippen LogP contribution >= 0.6 is 0 Å². The Kier molecular flexibility index (Phi) is 4.80. The van der Waals surface area contributed by atoms with Gasteiger partial charge in [0.05, 0.1) is 7.11 Å². The van der Waals surface area contributed by atoms with Crippen molar-refractivity contribution in [2.45, 2.75) is 46.5 Å². The molecule has 1 rings (SSSR count). The van der Waals surface area contributed by atoms with Gasteiger partial charge in [0.15, 0.2) is 6.79 Å². The fraction of sp³-hybridized carbons (Fsp3) is 0.562. The van der Waals surface area contributed by atoms with Crippen molar-refractivity contribution in [2.24, 2.45) is 5.41 Å². The second-order valence-electron chi connectivity index (χ2n) is 6.61. The van der Waals surface area contributed by atoms with Crippen molar-refractivity contribution in [1.29, 1.82) is 0 Å². The van der Waals surface area contributed by atoms with Gasteiger partial charge in [0.1, 0.15) is 5.75 Å². The van der Waals surface area contributed by atoms with E-state index in [4.69, 9.17) is 4.74 Å². The van der Waals surface area contributed by atoms with E-state index in [1.54, 1.807) is 0 Å². The molecule has 0 spiro atoms. The van der Waals surface area contributed by atoms with Gasteiger partial charge < -0.3 is 9.47 Å². The smallest absolute Gasteiger partial charge is 0.189 e. The summed E-state index contributed by atoms with van der Waals surface area (Å²) < 4.78 is 9.98. The van der Waals surface area contributed by atoms with Crippen molar-refractivity contribution in [3.8, 4) is 5.75 Å². The first-order chi connectivity index (χ1) is 8.24. The highest BCUT2D eigenvalue weighted by Gasteiger charge is 2.27. The highest BCUT2D eigenvalue weighted by atomic mass is 16.7. The van der Waals surface area contributed by atoms with E-state index in [1.165, 1.54) is 5.56 Å². The van der Waals surface area contributed by atoms with Crippen molar-refractivity contribution >= 4 is 0 Å². The standard InChI is InChI=1S/C16H25O2/c1-15(2,3)11-16(4,5)13-7-9-14(10-8-13)18-12-17-6/h7-10H,6,11-12H2,1-5H3. The molecule has 0 fully saturated rings. The summed E-state index contributed by atoms with van der Waals surface area (Å²) >= 11 is 0. The van der Waals surface area contributed by atoms with Crippen molar-refractivity contribution in [2.75, 3.05) is 6.79 Å². The Morgan fingerprint density at radius 3 is 2.00 bits per heavy atom. The van der Waals surface area contributed by atoms with Crippen molar-refractivity contribution in [3.05, 3.63) is 36.9 Å². The minimum absolute atomic E-state index is 0.166. The van der Waals surface area contributed by atoms with Gasteiger partial charge in [-0.1, -0.05) is 46.8 Å². The van der Waals surface area contributed by atoms with Crippen molar-refractivity contribution in [1.82, 2.24) is 0 Å². The third-order valence-electron chi connectivity index (χ3n) is 2.92. The fourth-order valence-electron chi connectivity index (χ4n) is 2.54. The van der Waals surface area contributed by atoms with Gasteiger partial charge >= 0.3 is 0 Å². The monoisotopic (exact) mass is 249 g/mol. The molecule has 0 saturated carbocycles. The molecule has 1 radical (unpaired) electrons. The molecule has 0 N–H and O–H groups in total. The lowest BCUT2D eigenvalue weighted by Gasteiger charge is -2.33. The minimum Gasteiger partial charge on any atom is -0.468 e. The maximum Gasteiger partial charge on any atom is 0.189 e. The molecule has 0 aromatic heterocycles. The van der Waals surface area contributed by atoms with Crippen LogP contribution in [-0.4, -0.2) is 6.79 Å². The molecule has 1 aromatic rings. The summed E-state index contributed by atoms with van der Waals surface area (Å²) in [5.74, 6) is 0.814. The number of benzene rings is 1. The van der Waals surface area contributed by atoms with Gasteiger partial charge in [-0.05, 0) is 34.9 Å². The molecule has 0 saturated heterocycles. The zero-order chi connectivity index (χ0) is 13.8. The average molecular weight is 249 g/mol. The molecule has 18 heavy (non-hydrogen) atoms. The molecule has 0 unspecified atom stereocenters. The maximum absolute atomic E-state index is 5.34. The number of ether oxygens (including phenoxy) is 2. The molecular formula is C16H25O2. The Balaban J connectivity index is 2.77. The maximum atomic E-state index is 5.34. The van der Waals surface area contributed by atoms with Crippen LogP contribution in [0.25, 0.3) is 0 Å². The van der Waals surface area contributed by atoms with E-state index < -0.39 is 0 Å². The van der Waals surface area contributed by atoms with Gasteiger partial charge in [-0.25, -0.2) is 0 Å². The predicted molar refractivity (Wildman–Crippen MR) is 75.5 cm³/mol. The second-order valence-corrected chi connectivity index (χ2v) is 6.61. The molecule has 0 bridgehead atoms. The lowest BCUT2D eigenvalue weighted by atomic mass is 9.72. The third-order valence-corrected chi connectivity index (χ3v) is 2.92. The Labute approximate surface area is 111 Å². The van der Waals surface area contributed by atoms with Gasteiger partial charge in [0.2, 0.25) is 0 Å². The lowest BCUT2D eigenvalue weighted by Crippen LogP contribution is -2.24. The topological polar surface area (TPSA) is 18.5 Å². The molecule has 0 aliphatic heterocycles. The van der Waals surface area contributed by atoms with Crippen LogP contribution in [0, 0.1) is 12.5 Å². The highest BCUT2D eigenvalue weighted by molar-refractivity contribution is 5.31. The van der Waals surface area contributed by atoms with E-state index in [9.17, 15) is 0 Å².